The van der Waals surface area contributed by atoms with E-state index in [2.05, 4.69) is 0 Å². The molecule has 0 bridgehead atoms. The summed E-state index contributed by atoms with van der Waals surface area (Å²) in [7, 11) is 0. The molecule has 0 aliphatic carbocycles. The molecule has 4 nitrogen and oxygen atoms in total. The van der Waals surface area contributed by atoms with Gasteiger partial charge in [0.1, 0.15) is 11.9 Å². The van der Waals surface area contributed by atoms with Crippen LogP contribution < -0.4 is 0 Å². The van der Waals surface area contributed by atoms with Crippen molar-refractivity contribution < 1.29 is 14.4 Å². The van der Waals surface area contributed by atoms with Crippen molar-refractivity contribution in [2.24, 2.45) is 0 Å². The molecule has 1 atom stereocenters. The highest BCUT2D eigenvalue weighted by atomic mass is 35.5. The summed E-state index contributed by atoms with van der Waals surface area (Å²) in [5, 5.41) is 19.3. The van der Waals surface area contributed by atoms with Gasteiger partial charge in [-0.3, -0.25) is 10.1 Å². The number of aliphatic hydroxyl groups excluding tert-OH is 1. The zero-order valence-electron chi connectivity index (χ0n) is 7.28. The maximum Gasteiger partial charge on any atom is 0.233 e. The predicted octanol–water partition coefficient (Wildman–Crippen LogP) is 2.44. The molecule has 0 radical (unpaired) electrons. The molecule has 15 heavy (non-hydrogen) atoms. The highest BCUT2D eigenvalue weighted by Gasteiger charge is 2.21. The number of nitro groups is 1. The topological polar surface area (TPSA) is 63.4 Å². The summed E-state index contributed by atoms with van der Waals surface area (Å²) >= 11 is 11.2. The summed E-state index contributed by atoms with van der Waals surface area (Å²) in [5.74, 6) is -0.665. The fourth-order valence-corrected chi connectivity index (χ4v) is 1.82. The van der Waals surface area contributed by atoms with Crippen LogP contribution in [-0.2, 0) is 0 Å². The molecule has 0 aliphatic heterocycles. The Morgan fingerprint density at radius 1 is 1.47 bits per heavy atom. The Kier molecular flexibility index (Phi) is 3.84. The molecule has 0 saturated heterocycles. The molecule has 0 amide bonds. The van der Waals surface area contributed by atoms with E-state index in [1.165, 1.54) is 0 Å². The molecule has 1 aromatic rings. The molecule has 1 unspecified atom stereocenters. The largest absolute Gasteiger partial charge is 0.381 e. The van der Waals surface area contributed by atoms with Gasteiger partial charge in [0, 0.05) is 10.5 Å². The van der Waals surface area contributed by atoms with Gasteiger partial charge >= 0.3 is 0 Å². The average molecular weight is 254 g/mol. The summed E-state index contributed by atoms with van der Waals surface area (Å²) in [6, 6.07) is 1.87. The van der Waals surface area contributed by atoms with Crippen LogP contribution >= 0.6 is 23.2 Å². The van der Waals surface area contributed by atoms with Crippen LogP contribution in [0.5, 0.6) is 0 Å². The number of nitrogens with zero attached hydrogens (tertiary/aromatic N) is 1. The molecule has 0 fully saturated rings. The fraction of sp³-hybridized carbons (Fsp3) is 0.250. The molecule has 0 heterocycles. The van der Waals surface area contributed by atoms with E-state index >= 15 is 0 Å². The second-order valence-corrected chi connectivity index (χ2v) is 3.63. The van der Waals surface area contributed by atoms with E-state index in [0.29, 0.717) is 0 Å². The van der Waals surface area contributed by atoms with Crippen LogP contribution in [0.25, 0.3) is 0 Å². The zero-order chi connectivity index (χ0) is 11.6. The van der Waals surface area contributed by atoms with Gasteiger partial charge in [0.15, 0.2) is 0 Å². The SMILES string of the molecule is O=[N+]([O-])CC(O)c1c(Cl)cc(F)cc1Cl. The van der Waals surface area contributed by atoms with Crippen molar-refractivity contribution in [2.75, 3.05) is 6.54 Å². The van der Waals surface area contributed by atoms with Crippen molar-refractivity contribution in [3.63, 3.8) is 0 Å². The molecule has 82 valence electrons. The molecule has 7 heteroatoms. The third-order valence-electron chi connectivity index (χ3n) is 1.70. The summed E-state index contributed by atoms with van der Waals surface area (Å²) in [6.07, 6.45) is -1.44. The van der Waals surface area contributed by atoms with E-state index in [1.807, 2.05) is 0 Å². The summed E-state index contributed by atoms with van der Waals surface area (Å²) in [4.78, 5) is 9.45. The lowest BCUT2D eigenvalue weighted by Gasteiger charge is -2.10. The molecule has 0 aromatic heterocycles. The molecule has 0 spiro atoms. The van der Waals surface area contributed by atoms with Gasteiger partial charge < -0.3 is 5.11 Å². The van der Waals surface area contributed by atoms with Crippen molar-refractivity contribution in [1.82, 2.24) is 0 Å². The Morgan fingerprint density at radius 2 is 1.93 bits per heavy atom. The first-order chi connectivity index (χ1) is 6.91. The third kappa shape index (κ3) is 3.02. The molecular weight excluding hydrogens is 248 g/mol. The second kappa shape index (κ2) is 4.74. The van der Waals surface area contributed by atoms with Crippen LogP contribution in [0.4, 0.5) is 4.39 Å². The number of hydrogen-bond acceptors (Lipinski definition) is 3. The van der Waals surface area contributed by atoms with Gasteiger partial charge in [-0.25, -0.2) is 4.39 Å². The molecular formula is C8H6Cl2FNO3. The maximum absolute atomic E-state index is 12.7. The minimum absolute atomic E-state index is 0.0311. The van der Waals surface area contributed by atoms with E-state index < -0.39 is 23.4 Å². The van der Waals surface area contributed by atoms with E-state index in [0.717, 1.165) is 12.1 Å². The van der Waals surface area contributed by atoms with Crippen LogP contribution in [0.1, 0.15) is 11.7 Å². The van der Waals surface area contributed by atoms with Crippen LogP contribution in [0.2, 0.25) is 10.0 Å². The smallest absolute Gasteiger partial charge is 0.233 e. The highest BCUT2D eigenvalue weighted by molar-refractivity contribution is 6.36. The van der Waals surface area contributed by atoms with Gasteiger partial charge in [0.2, 0.25) is 6.54 Å². The van der Waals surface area contributed by atoms with Crippen LogP contribution in [-0.4, -0.2) is 16.6 Å². The zero-order valence-corrected chi connectivity index (χ0v) is 8.80. The predicted molar refractivity (Wildman–Crippen MR) is 53.2 cm³/mol. The van der Waals surface area contributed by atoms with E-state index in [-0.39, 0.29) is 15.6 Å². The van der Waals surface area contributed by atoms with Gasteiger partial charge in [0.05, 0.1) is 10.0 Å². The molecule has 0 saturated carbocycles. The first kappa shape index (κ1) is 12.2. The van der Waals surface area contributed by atoms with Crippen molar-refractivity contribution in [3.8, 4) is 0 Å². The molecule has 1 aromatic carbocycles. The Labute approximate surface area is 94.4 Å². The monoisotopic (exact) mass is 253 g/mol. The average Bonchev–Trinajstić information content (AvgIpc) is 1.99. The van der Waals surface area contributed by atoms with Gasteiger partial charge in [-0.05, 0) is 12.1 Å². The van der Waals surface area contributed by atoms with Gasteiger partial charge in [0.25, 0.3) is 0 Å². The molecule has 0 aliphatic rings. The van der Waals surface area contributed by atoms with Gasteiger partial charge in [-0.1, -0.05) is 23.2 Å². The number of rotatable bonds is 3. The normalized spacial score (nSPS) is 12.5. The van der Waals surface area contributed by atoms with E-state index in [1.54, 1.807) is 0 Å². The lowest BCUT2D eigenvalue weighted by atomic mass is 10.1. The highest BCUT2D eigenvalue weighted by Crippen LogP contribution is 2.31. The molecule has 1 N–H and O–H groups in total. The Hall–Kier alpha value is -0.910. The number of benzene rings is 1. The van der Waals surface area contributed by atoms with Crippen molar-refractivity contribution in [3.05, 3.63) is 43.7 Å². The minimum Gasteiger partial charge on any atom is -0.381 e. The lowest BCUT2D eigenvalue weighted by molar-refractivity contribution is -0.491. The van der Waals surface area contributed by atoms with E-state index in [9.17, 15) is 19.6 Å². The van der Waals surface area contributed by atoms with Crippen molar-refractivity contribution in [2.45, 2.75) is 6.10 Å². The fourth-order valence-electron chi connectivity index (χ4n) is 1.10. The van der Waals surface area contributed by atoms with Crippen LogP contribution in [0.3, 0.4) is 0 Å². The quantitative estimate of drug-likeness (QED) is 0.665. The van der Waals surface area contributed by atoms with Gasteiger partial charge in [-0.2, -0.15) is 0 Å². The van der Waals surface area contributed by atoms with Crippen LogP contribution in [0, 0.1) is 15.9 Å². The third-order valence-corrected chi connectivity index (χ3v) is 2.32. The Bertz CT molecular complexity index is 376. The standard InChI is InChI=1S/C8H6Cl2FNO3/c9-5-1-4(11)2-6(10)8(5)7(13)3-12(14)15/h1-2,7,13H,3H2. The van der Waals surface area contributed by atoms with Crippen molar-refractivity contribution >= 4 is 23.2 Å². The minimum atomic E-state index is -1.44. The van der Waals surface area contributed by atoms with E-state index in [4.69, 9.17) is 23.2 Å². The van der Waals surface area contributed by atoms with Gasteiger partial charge in [-0.15, -0.1) is 0 Å². The second-order valence-electron chi connectivity index (χ2n) is 2.81. The number of halogens is 3. The lowest BCUT2D eigenvalue weighted by Crippen LogP contribution is -2.12. The summed E-state index contributed by atoms with van der Waals surface area (Å²) in [5.41, 5.74) is -0.0311. The van der Waals surface area contributed by atoms with Crippen LogP contribution in [0.15, 0.2) is 12.1 Å². The summed E-state index contributed by atoms with van der Waals surface area (Å²) in [6.45, 7) is -0.731. The Balaban J connectivity index is 3.08. The number of aliphatic hydroxyl groups is 1. The Morgan fingerprint density at radius 3 is 2.33 bits per heavy atom. The maximum atomic E-state index is 12.7. The first-order valence-electron chi connectivity index (χ1n) is 3.86. The molecule has 1 rings (SSSR count). The summed E-state index contributed by atoms with van der Waals surface area (Å²) < 4.78 is 12.7. The first-order valence-corrected chi connectivity index (χ1v) is 4.61. The van der Waals surface area contributed by atoms with Crippen molar-refractivity contribution in [1.29, 1.82) is 0 Å². The number of hydrogen-bond donors (Lipinski definition) is 1.